The normalized spacial score (nSPS) is 12.8. The van der Waals surface area contributed by atoms with Gasteiger partial charge in [-0.15, -0.1) is 0 Å². The van der Waals surface area contributed by atoms with Crippen LogP contribution in [0.5, 0.6) is 0 Å². The second-order valence-corrected chi connectivity index (χ2v) is 8.98. The molecule has 1 fully saturated rings. The van der Waals surface area contributed by atoms with Crippen LogP contribution in [0.2, 0.25) is 0 Å². The molecule has 0 spiro atoms. The number of benzene rings is 3. The molecule has 6 nitrogen and oxygen atoms in total. The smallest absolute Gasteiger partial charge is 0.257 e. The maximum Gasteiger partial charge on any atom is 0.257 e. The van der Waals surface area contributed by atoms with Crippen molar-refractivity contribution in [3.8, 4) is 22.6 Å². The molecule has 2 amide bonds. The van der Waals surface area contributed by atoms with E-state index in [0.717, 1.165) is 29.7 Å². The summed E-state index contributed by atoms with van der Waals surface area (Å²) in [5, 5.41) is 6.23. The summed E-state index contributed by atoms with van der Waals surface area (Å²) in [5.74, 6) is 0.478. The third-order valence-corrected chi connectivity index (χ3v) is 6.17. The van der Waals surface area contributed by atoms with Crippen LogP contribution in [0.15, 0.2) is 94.6 Å². The number of nitrogens with one attached hydrogen (secondary N) is 2. The Kier molecular flexibility index (Phi) is 6.44. The van der Waals surface area contributed by atoms with Gasteiger partial charge in [0.1, 0.15) is 5.69 Å². The van der Waals surface area contributed by atoms with Crippen LogP contribution in [-0.2, 0) is 4.79 Å². The second kappa shape index (κ2) is 9.97. The summed E-state index contributed by atoms with van der Waals surface area (Å²) in [4.78, 5) is 29.5. The zero-order valence-corrected chi connectivity index (χ0v) is 19.2. The van der Waals surface area contributed by atoms with E-state index in [1.165, 1.54) is 11.8 Å². The summed E-state index contributed by atoms with van der Waals surface area (Å²) < 4.78 is 6.07. The average molecular weight is 470 g/mol. The molecule has 3 aromatic carbocycles. The number of hydrogen-bond acceptors (Lipinski definition) is 5. The lowest BCUT2D eigenvalue weighted by atomic mass is 10.1. The molecular weight excluding hydrogens is 446 g/mol. The van der Waals surface area contributed by atoms with Gasteiger partial charge in [-0.3, -0.25) is 9.59 Å². The van der Waals surface area contributed by atoms with Crippen LogP contribution in [0.3, 0.4) is 0 Å². The molecule has 0 unspecified atom stereocenters. The second-order valence-electron chi connectivity index (χ2n) is 8.05. The van der Waals surface area contributed by atoms with Gasteiger partial charge >= 0.3 is 0 Å². The minimum Gasteiger partial charge on any atom is -0.431 e. The monoisotopic (exact) mass is 469 g/mol. The fourth-order valence-electron chi connectivity index (χ4n) is 3.50. The van der Waals surface area contributed by atoms with Gasteiger partial charge in [0.15, 0.2) is 5.76 Å². The Bertz CT molecular complexity index is 1240. The molecule has 34 heavy (non-hydrogen) atoms. The van der Waals surface area contributed by atoms with Crippen molar-refractivity contribution in [1.82, 2.24) is 10.3 Å². The first-order valence-electron chi connectivity index (χ1n) is 11.1. The first-order chi connectivity index (χ1) is 16.7. The van der Waals surface area contributed by atoms with Gasteiger partial charge in [0.05, 0.1) is 5.75 Å². The molecule has 7 heteroatoms. The van der Waals surface area contributed by atoms with Gasteiger partial charge in [0.25, 0.3) is 11.1 Å². The molecule has 1 aromatic heterocycles. The summed E-state index contributed by atoms with van der Waals surface area (Å²) in [7, 11) is 0. The molecule has 0 aliphatic heterocycles. The number of carbonyl (C=O) groups excluding carboxylic acids is 2. The lowest BCUT2D eigenvalue weighted by Gasteiger charge is -2.07. The number of rotatable bonds is 8. The van der Waals surface area contributed by atoms with E-state index in [1.807, 2.05) is 60.7 Å². The van der Waals surface area contributed by atoms with Gasteiger partial charge in [-0.05, 0) is 31.0 Å². The molecule has 5 rings (SSSR count). The molecule has 2 N–H and O–H groups in total. The molecule has 170 valence electrons. The number of anilines is 1. The zero-order chi connectivity index (χ0) is 23.3. The highest BCUT2D eigenvalue weighted by molar-refractivity contribution is 7.99. The number of amides is 2. The summed E-state index contributed by atoms with van der Waals surface area (Å²) in [6.45, 7) is 0. The average Bonchev–Trinajstić information content (AvgIpc) is 3.59. The SMILES string of the molecule is O=C(CSc1nc(-c2ccccc2)c(-c2ccccc2)o1)Nc1cccc(C(=O)NC2CC2)c1. The third kappa shape index (κ3) is 5.38. The van der Waals surface area contributed by atoms with Gasteiger partial charge in [-0.25, -0.2) is 4.98 Å². The van der Waals surface area contributed by atoms with Crippen molar-refractivity contribution in [1.29, 1.82) is 0 Å². The highest BCUT2D eigenvalue weighted by atomic mass is 32.2. The largest absolute Gasteiger partial charge is 0.431 e. The molecule has 1 aliphatic rings. The minimum atomic E-state index is -0.203. The number of carbonyl (C=O) groups is 2. The molecule has 1 heterocycles. The van der Waals surface area contributed by atoms with Crippen molar-refractivity contribution in [3.05, 3.63) is 90.5 Å². The number of oxazole rings is 1. The summed E-state index contributed by atoms with van der Waals surface area (Å²) in [5.41, 5.74) is 3.72. The zero-order valence-electron chi connectivity index (χ0n) is 18.4. The van der Waals surface area contributed by atoms with Crippen molar-refractivity contribution in [2.24, 2.45) is 0 Å². The topological polar surface area (TPSA) is 84.2 Å². The quantitative estimate of drug-likeness (QED) is 0.327. The van der Waals surface area contributed by atoms with Crippen molar-refractivity contribution in [2.75, 3.05) is 11.1 Å². The maximum atomic E-state index is 12.6. The van der Waals surface area contributed by atoms with Gasteiger partial charge in [0, 0.05) is 28.4 Å². The molecular formula is C27H23N3O3S. The Balaban J connectivity index is 1.27. The molecule has 0 atom stereocenters. The highest BCUT2D eigenvalue weighted by Crippen LogP contribution is 2.35. The summed E-state index contributed by atoms with van der Waals surface area (Å²) in [6.07, 6.45) is 2.05. The van der Waals surface area contributed by atoms with Gasteiger partial charge in [-0.2, -0.15) is 0 Å². The van der Waals surface area contributed by atoms with E-state index in [0.29, 0.717) is 22.2 Å². The van der Waals surface area contributed by atoms with Crippen molar-refractivity contribution < 1.29 is 14.0 Å². The number of aromatic nitrogens is 1. The van der Waals surface area contributed by atoms with E-state index in [9.17, 15) is 9.59 Å². The van der Waals surface area contributed by atoms with E-state index < -0.39 is 0 Å². The first-order valence-corrected chi connectivity index (χ1v) is 12.1. The predicted octanol–water partition coefficient (Wildman–Crippen LogP) is 5.63. The fraction of sp³-hybridized carbons (Fsp3) is 0.148. The van der Waals surface area contributed by atoms with Gasteiger partial charge < -0.3 is 15.1 Å². The number of nitrogens with zero attached hydrogens (tertiary/aromatic N) is 1. The maximum absolute atomic E-state index is 12.6. The summed E-state index contributed by atoms with van der Waals surface area (Å²) >= 11 is 1.23. The Hall–Kier alpha value is -3.84. The Morgan fingerprint density at radius 1 is 0.912 bits per heavy atom. The van der Waals surface area contributed by atoms with Crippen LogP contribution in [0.1, 0.15) is 23.2 Å². The predicted molar refractivity (Wildman–Crippen MR) is 134 cm³/mol. The lowest BCUT2D eigenvalue weighted by molar-refractivity contribution is -0.113. The number of hydrogen-bond donors (Lipinski definition) is 2. The van der Waals surface area contributed by atoms with Gasteiger partial charge in [-0.1, -0.05) is 78.5 Å². The Morgan fingerprint density at radius 2 is 1.62 bits per heavy atom. The standard InChI is InChI=1S/C27H23N3O3S/c31-23(28-22-13-7-12-20(16-22)26(32)29-21-14-15-21)17-34-27-30-24(18-8-3-1-4-9-18)25(33-27)19-10-5-2-6-11-19/h1-13,16,21H,14-15,17H2,(H,28,31)(H,29,32). The molecule has 1 aliphatic carbocycles. The van der Waals surface area contributed by atoms with Crippen molar-refractivity contribution in [3.63, 3.8) is 0 Å². The van der Waals surface area contributed by atoms with Crippen LogP contribution in [0.4, 0.5) is 5.69 Å². The number of thioether (sulfide) groups is 1. The Labute approximate surface area is 201 Å². The molecule has 4 aromatic rings. The van der Waals surface area contributed by atoms with Gasteiger partial charge in [0.2, 0.25) is 5.91 Å². The van der Waals surface area contributed by atoms with Crippen molar-refractivity contribution in [2.45, 2.75) is 24.1 Å². The molecule has 0 radical (unpaired) electrons. The van der Waals surface area contributed by atoms with E-state index in [4.69, 9.17) is 4.42 Å². The van der Waals surface area contributed by atoms with Crippen LogP contribution in [-0.4, -0.2) is 28.6 Å². The van der Waals surface area contributed by atoms with E-state index in [1.54, 1.807) is 24.3 Å². The first kappa shape index (κ1) is 22.0. The molecule has 0 bridgehead atoms. The van der Waals surface area contributed by atoms with Crippen LogP contribution < -0.4 is 10.6 Å². The van der Waals surface area contributed by atoms with Crippen LogP contribution >= 0.6 is 11.8 Å². The van der Waals surface area contributed by atoms with Crippen molar-refractivity contribution >= 4 is 29.3 Å². The van der Waals surface area contributed by atoms with Crippen LogP contribution in [0, 0.1) is 0 Å². The van der Waals surface area contributed by atoms with E-state index in [-0.39, 0.29) is 23.6 Å². The lowest BCUT2D eigenvalue weighted by Crippen LogP contribution is -2.25. The fourth-order valence-corrected chi connectivity index (χ4v) is 4.12. The summed E-state index contributed by atoms with van der Waals surface area (Å²) in [6, 6.07) is 26.9. The Morgan fingerprint density at radius 3 is 2.32 bits per heavy atom. The molecule has 1 saturated carbocycles. The van der Waals surface area contributed by atoms with Crippen LogP contribution in [0.25, 0.3) is 22.6 Å². The van der Waals surface area contributed by atoms with E-state index in [2.05, 4.69) is 15.6 Å². The third-order valence-electron chi connectivity index (χ3n) is 5.34. The van der Waals surface area contributed by atoms with E-state index >= 15 is 0 Å². The highest BCUT2D eigenvalue weighted by Gasteiger charge is 2.24. The minimum absolute atomic E-state index is 0.116. The molecule has 0 saturated heterocycles.